The van der Waals surface area contributed by atoms with Crippen LogP contribution in [0.2, 0.25) is 0 Å². The number of benzene rings is 1. The van der Waals surface area contributed by atoms with Crippen molar-refractivity contribution in [3.05, 3.63) is 40.1 Å². The Bertz CT molecular complexity index is 624. The summed E-state index contributed by atoms with van der Waals surface area (Å²) in [5.41, 5.74) is 1.33. The molecule has 1 aromatic rings. The Morgan fingerprint density at radius 3 is 2.72 bits per heavy atom. The first kappa shape index (κ1) is 19.9. The van der Waals surface area contributed by atoms with Crippen molar-refractivity contribution >= 4 is 21.8 Å². The SMILES string of the molecule is CC(C)=CCN1CCC(NC(=O)C(C)Oc2ccc(F)cc2Br)CC1. The highest BCUT2D eigenvalue weighted by molar-refractivity contribution is 9.10. The first-order chi connectivity index (χ1) is 11.8. The van der Waals surface area contributed by atoms with Crippen molar-refractivity contribution in [2.24, 2.45) is 0 Å². The summed E-state index contributed by atoms with van der Waals surface area (Å²) in [5, 5.41) is 3.06. The fraction of sp³-hybridized carbons (Fsp3) is 0.526. The zero-order valence-corrected chi connectivity index (χ0v) is 16.6. The van der Waals surface area contributed by atoms with E-state index in [2.05, 4.69) is 46.1 Å². The molecule has 1 aliphatic rings. The third-order valence-electron chi connectivity index (χ3n) is 4.26. The number of carbonyl (C=O) groups excluding carboxylic acids is 1. The number of nitrogens with one attached hydrogen (secondary N) is 1. The number of hydrogen-bond acceptors (Lipinski definition) is 3. The minimum absolute atomic E-state index is 0.140. The van der Waals surface area contributed by atoms with Gasteiger partial charge in [0.05, 0.1) is 4.47 Å². The third kappa shape index (κ3) is 6.44. The summed E-state index contributed by atoms with van der Waals surface area (Å²) in [7, 11) is 0. The molecule has 1 aliphatic heterocycles. The summed E-state index contributed by atoms with van der Waals surface area (Å²) >= 11 is 3.25. The first-order valence-electron chi connectivity index (χ1n) is 8.63. The summed E-state index contributed by atoms with van der Waals surface area (Å²) in [6.07, 6.45) is 3.48. The van der Waals surface area contributed by atoms with Crippen molar-refractivity contribution in [1.29, 1.82) is 0 Å². The van der Waals surface area contributed by atoms with E-state index in [0.29, 0.717) is 10.2 Å². The maximum absolute atomic E-state index is 13.1. The molecule has 1 saturated heterocycles. The number of piperidine rings is 1. The minimum atomic E-state index is -0.634. The summed E-state index contributed by atoms with van der Waals surface area (Å²) in [6, 6.07) is 4.33. The van der Waals surface area contributed by atoms with Gasteiger partial charge in [0.25, 0.3) is 5.91 Å². The van der Waals surface area contributed by atoms with Gasteiger partial charge in [-0.2, -0.15) is 0 Å². The largest absolute Gasteiger partial charge is 0.480 e. The van der Waals surface area contributed by atoms with Crippen molar-refractivity contribution in [1.82, 2.24) is 10.2 Å². The van der Waals surface area contributed by atoms with Gasteiger partial charge >= 0.3 is 0 Å². The van der Waals surface area contributed by atoms with Gasteiger partial charge in [-0.3, -0.25) is 9.69 Å². The molecule has 0 aliphatic carbocycles. The van der Waals surface area contributed by atoms with E-state index in [9.17, 15) is 9.18 Å². The molecule has 4 nitrogen and oxygen atoms in total. The Hall–Kier alpha value is -1.40. The number of halogens is 2. The van der Waals surface area contributed by atoms with Gasteiger partial charge in [0.2, 0.25) is 0 Å². The van der Waals surface area contributed by atoms with Crippen LogP contribution in [0.25, 0.3) is 0 Å². The van der Waals surface area contributed by atoms with Crippen molar-refractivity contribution in [3.63, 3.8) is 0 Å². The molecule has 0 saturated carbocycles. The number of ether oxygens (including phenoxy) is 1. The van der Waals surface area contributed by atoms with E-state index in [1.165, 1.54) is 23.8 Å². The number of carbonyl (C=O) groups is 1. The Morgan fingerprint density at radius 1 is 1.44 bits per heavy atom. The molecule has 25 heavy (non-hydrogen) atoms. The Kier molecular flexibility index (Phi) is 7.44. The lowest BCUT2D eigenvalue weighted by Gasteiger charge is -2.32. The van der Waals surface area contributed by atoms with Gasteiger partial charge in [-0.25, -0.2) is 4.39 Å². The second-order valence-electron chi connectivity index (χ2n) is 6.70. The maximum atomic E-state index is 13.1. The zero-order valence-electron chi connectivity index (χ0n) is 15.0. The number of hydrogen-bond donors (Lipinski definition) is 1. The standard InChI is InChI=1S/C19H26BrFN2O2/c1-13(2)6-9-23-10-7-16(8-11-23)22-19(24)14(3)25-18-5-4-15(21)12-17(18)20/h4-6,12,14,16H,7-11H2,1-3H3,(H,22,24). The molecule has 0 radical (unpaired) electrons. The predicted octanol–water partition coefficient (Wildman–Crippen LogP) is 3.90. The van der Waals surface area contributed by atoms with E-state index in [-0.39, 0.29) is 17.8 Å². The Morgan fingerprint density at radius 2 is 2.12 bits per heavy atom. The van der Waals surface area contributed by atoms with Crippen LogP contribution < -0.4 is 10.1 Å². The second-order valence-corrected chi connectivity index (χ2v) is 7.55. The molecule has 1 unspecified atom stereocenters. The van der Waals surface area contributed by atoms with Crippen molar-refractivity contribution in [2.45, 2.75) is 45.8 Å². The van der Waals surface area contributed by atoms with Crippen LogP contribution in [-0.4, -0.2) is 42.6 Å². The van der Waals surface area contributed by atoms with Crippen molar-refractivity contribution in [3.8, 4) is 5.75 Å². The highest BCUT2D eigenvalue weighted by atomic mass is 79.9. The lowest BCUT2D eigenvalue weighted by molar-refractivity contribution is -0.128. The van der Waals surface area contributed by atoms with Gasteiger partial charge in [-0.1, -0.05) is 11.6 Å². The molecule has 1 aromatic carbocycles. The number of nitrogens with zero attached hydrogens (tertiary/aromatic N) is 1. The van der Waals surface area contributed by atoms with Gasteiger partial charge in [0.15, 0.2) is 6.10 Å². The molecule has 6 heteroatoms. The zero-order chi connectivity index (χ0) is 18.4. The first-order valence-corrected chi connectivity index (χ1v) is 9.42. The molecular formula is C19H26BrFN2O2. The van der Waals surface area contributed by atoms with Crippen LogP contribution in [0.4, 0.5) is 4.39 Å². The van der Waals surface area contributed by atoms with Crippen LogP contribution in [0, 0.1) is 5.82 Å². The average Bonchev–Trinajstić information content (AvgIpc) is 2.56. The Balaban J connectivity index is 1.79. The van der Waals surface area contributed by atoms with Crippen LogP contribution in [0.15, 0.2) is 34.3 Å². The molecule has 0 aromatic heterocycles. The fourth-order valence-corrected chi connectivity index (χ4v) is 3.15. The van der Waals surface area contributed by atoms with Gasteiger partial charge in [-0.05, 0) is 67.7 Å². The molecule has 138 valence electrons. The van der Waals surface area contributed by atoms with Crippen LogP contribution in [0.5, 0.6) is 5.75 Å². The van der Waals surface area contributed by atoms with E-state index in [1.54, 1.807) is 6.92 Å². The van der Waals surface area contributed by atoms with Gasteiger partial charge < -0.3 is 10.1 Å². The van der Waals surface area contributed by atoms with Gasteiger partial charge in [-0.15, -0.1) is 0 Å². The topological polar surface area (TPSA) is 41.6 Å². The summed E-state index contributed by atoms with van der Waals surface area (Å²) in [6.45, 7) is 8.85. The van der Waals surface area contributed by atoms with Crippen LogP contribution in [-0.2, 0) is 4.79 Å². The average molecular weight is 413 g/mol. The van der Waals surface area contributed by atoms with E-state index < -0.39 is 6.10 Å². The monoisotopic (exact) mass is 412 g/mol. The van der Waals surface area contributed by atoms with Crippen molar-refractivity contribution < 1.29 is 13.9 Å². The van der Waals surface area contributed by atoms with Crippen LogP contribution in [0.3, 0.4) is 0 Å². The molecule has 2 rings (SSSR count). The number of likely N-dealkylation sites (tertiary alicyclic amines) is 1. The minimum Gasteiger partial charge on any atom is -0.480 e. The van der Waals surface area contributed by atoms with Crippen LogP contribution >= 0.6 is 15.9 Å². The maximum Gasteiger partial charge on any atom is 0.260 e. The smallest absolute Gasteiger partial charge is 0.260 e. The molecule has 1 amide bonds. The molecule has 1 atom stereocenters. The number of rotatable bonds is 6. The van der Waals surface area contributed by atoms with Gasteiger partial charge in [0, 0.05) is 25.7 Å². The predicted molar refractivity (Wildman–Crippen MR) is 101 cm³/mol. The fourth-order valence-electron chi connectivity index (χ4n) is 2.70. The van der Waals surface area contributed by atoms with E-state index in [0.717, 1.165) is 32.5 Å². The number of amides is 1. The normalized spacial score (nSPS) is 17.0. The Labute approximate surface area is 157 Å². The highest BCUT2D eigenvalue weighted by Gasteiger charge is 2.23. The van der Waals surface area contributed by atoms with Crippen LogP contribution in [0.1, 0.15) is 33.6 Å². The molecule has 0 bridgehead atoms. The number of allylic oxidation sites excluding steroid dienone is 1. The quantitative estimate of drug-likeness (QED) is 0.720. The molecule has 0 spiro atoms. The van der Waals surface area contributed by atoms with E-state index >= 15 is 0 Å². The summed E-state index contributed by atoms with van der Waals surface area (Å²) < 4.78 is 19.3. The van der Waals surface area contributed by atoms with E-state index in [1.807, 2.05) is 0 Å². The third-order valence-corrected chi connectivity index (χ3v) is 4.88. The van der Waals surface area contributed by atoms with E-state index in [4.69, 9.17) is 4.74 Å². The lowest BCUT2D eigenvalue weighted by atomic mass is 10.0. The van der Waals surface area contributed by atoms with Crippen molar-refractivity contribution in [2.75, 3.05) is 19.6 Å². The highest BCUT2D eigenvalue weighted by Crippen LogP contribution is 2.26. The molecule has 1 N–H and O–H groups in total. The summed E-state index contributed by atoms with van der Waals surface area (Å²) in [4.78, 5) is 14.7. The lowest BCUT2D eigenvalue weighted by Crippen LogP contribution is -2.48. The summed E-state index contributed by atoms with van der Waals surface area (Å²) in [5.74, 6) is -0.0317. The molecule has 1 heterocycles. The molecular weight excluding hydrogens is 387 g/mol. The second kappa shape index (κ2) is 9.34. The van der Waals surface area contributed by atoms with Gasteiger partial charge in [0.1, 0.15) is 11.6 Å². The molecule has 1 fully saturated rings.